The summed E-state index contributed by atoms with van der Waals surface area (Å²) in [7, 11) is 0. The first kappa shape index (κ1) is 16.0. The highest BCUT2D eigenvalue weighted by Crippen LogP contribution is 2.23. The fraction of sp³-hybridized carbons (Fsp3) is 0.312. The molecule has 0 aliphatic heterocycles. The lowest BCUT2D eigenvalue weighted by Crippen LogP contribution is -2.22. The number of halogens is 1. The van der Waals surface area contributed by atoms with Crippen LogP contribution in [0.5, 0.6) is 0 Å². The molecule has 1 amide bonds. The van der Waals surface area contributed by atoms with Crippen LogP contribution in [0.2, 0.25) is 4.34 Å². The Hall–Kier alpha value is -1.92. The zero-order valence-electron chi connectivity index (χ0n) is 13.1. The average Bonchev–Trinajstić information content (AvgIpc) is 3.09. The highest BCUT2D eigenvalue weighted by atomic mass is 35.5. The van der Waals surface area contributed by atoms with E-state index in [-0.39, 0.29) is 11.9 Å². The highest BCUT2D eigenvalue weighted by molar-refractivity contribution is 7.16. The number of fused-ring (bicyclic) bond motifs is 1. The number of carbonyl (C=O) groups excluding carboxylic acids is 1. The predicted molar refractivity (Wildman–Crippen MR) is 93.1 cm³/mol. The SMILES string of the molecule is Cc1cc(C(=O)NCc2ccc(Cl)s2)c2cnn(C(C)C)c2n1. The number of hydrogen-bond donors (Lipinski definition) is 1. The van der Waals surface area contributed by atoms with E-state index in [9.17, 15) is 4.79 Å². The Labute approximate surface area is 143 Å². The molecular formula is C16H17ClN4OS. The van der Waals surface area contributed by atoms with E-state index in [1.54, 1.807) is 12.3 Å². The normalized spacial score (nSPS) is 11.3. The summed E-state index contributed by atoms with van der Waals surface area (Å²) in [6, 6.07) is 5.73. The minimum Gasteiger partial charge on any atom is -0.347 e. The second-order valence-corrected chi connectivity index (χ2v) is 7.42. The quantitative estimate of drug-likeness (QED) is 0.776. The molecule has 3 heterocycles. The monoisotopic (exact) mass is 348 g/mol. The Morgan fingerprint density at radius 2 is 2.22 bits per heavy atom. The van der Waals surface area contributed by atoms with E-state index in [1.807, 2.05) is 37.6 Å². The minimum atomic E-state index is -0.131. The summed E-state index contributed by atoms with van der Waals surface area (Å²) in [5.74, 6) is -0.131. The first-order valence-electron chi connectivity index (χ1n) is 7.33. The third-order valence-electron chi connectivity index (χ3n) is 3.48. The number of aromatic nitrogens is 3. The fourth-order valence-corrected chi connectivity index (χ4v) is 3.45. The molecular weight excluding hydrogens is 332 g/mol. The maximum Gasteiger partial charge on any atom is 0.252 e. The lowest BCUT2D eigenvalue weighted by molar-refractivity contribution is 0.0953. The molecule has 7 heteroatoms. The van der Waals surface area contributed by atoms with Crippen molar-refractivity contribution in [3.63, 3.8) is 0 Å². The van der Waals surface area contributed by atoms with Crippen molar-refractivity contribution in [2.24, 2.45) is 0 Å². The summed E-state index contributed by atoms with van der Waals surface area (Å²) in [5.41, 5.74) is 2.13. The van der Waals surface area contributed by atoms with E-state index in [0.29, 0.717) is 12.1 Å². The van der Waals surface area contributed by atoms with Crippen LogP contribution in [0.4, 0.5) is 0 Å². The third-order valence-corrected chi connectivity index (χ3v) is 4.71. The maximum atomic E-state index is 12.6. The van der Waals surface area contributed by atoms with Crippen LogP contribution in [-0.4, -0.2) is 20.7 Å². The van der Waals surface area contributed by atoms with E-state index in [4.69, 9.17) is 11.6 Å². The van der Waals surface area contributed by atoms with Crippen molar-refractivity contribution in [1.29, 1.82) is 0 Å². The Morgan fingerprint density at radius 3 is 2.87 bits per heavy atom. The summed E-state index contributed by atoms with van der Waals surface area (Å²) in [4.78, 5) is 18.1. The molecule has 0 saturated heterocycles. The number of pyridine rings is 1. The number of rotatable bonds is 4. The summed E-state index contributed by atoms with van der Waals surface area (Å²) >= 11 is 7.37. The summed E-state index contributed by atoms with van der Waals surface area (Å²) in [6.07, 6.45) is 1.71. The Balaban J connectivity index is 1.90. The third kappa shape index (κ3) is 3.23. The second-order valence-electron chi connectivity index (χ2n) is 5.62. The average molecular weight is 349 g/mol. The summed E-state index contributed by atoms with van der Waals surface area (Å²) in [5, 5.41) is 8.06. The van der Waals surface area contributed by atoms with Crippen LogP contribution in [0.3, 0.4) is 0 Å². The van der Waals surface area contributed by atoms with Crippen LogP contribution in [0, 0.1) is 6.92 Å². The van der Waals surface area contributed by atoms with Gasteiger partial charge >= 0.3 is 0 Å². The Kier molecular flexibility index (Phi) is 4.37. The molecule has 0 bridgehead atoms. The molecule has 23 heavy (non-hydrogen) atoms. The van der Waals surface area contributed by atoms with Gasteiger partial charge in [-0.1, -0.05) is 11.6 Å². The lowest BCUT2D eigenvalue weighted by Gasteiger charge is -2.09. The number of aryl methyl sites for hydroxylation is 1. The van der Waals surface area contributed by atoms with Gasteiger partial charge < -0.3 is 5.32 Å². The van der Waals surface area contributed by atoms with Crippen molar-refractivity contribution in [2.45, 2.75) is 33.4 Å². The van der Waals surface area contributed by atoms with Crippen molar-refractivity contribution in [3.05, 3.63) is 44.9 Å². The Bertz CT molecular complexity index is 868. The number of nitrogens with one attached hydrogen (secondary N) is 1. The fourth-order valence-electron chi connectivity index (χ4n) is 2.42. The standard InChI is InChI=1S/C16H17ClN4OS/c1-9(2)21-15-13(8-19-21)12(6-10(3)20-15)16(22)18-7-11-4-5-14(17)23-11/h4-6,8-9H,7H2,1-3H3,(H,18,22). The molecule has 0 atom stereocenters. The van der Waals surface area contributed by atoms with Gasteiger partial charge in [0, 0.05) is 16.6 Å². The molecule has 0 fully saturated rings. The number of carbonyl (C=O) groups is 1. The predicted octanol–water partition coefficient (Wildman–Crippen LogP) is 3.97. The molecule has 0 unspecified atom stereocenters. The maximum absolute atomic E-state index is 12.6. The Morgan fingerprint density at radius 1 is 1.43 bits per heavy atom. The molecule has 0 saturated carbocycles. The van der Waals surface area contributed by atoms with Gasteiger partial charge in [-0.05, 0) is 39.0 Å². The first-order valence-corrected chi connectivity index (χ1v) is 8.52. The zero-order chi connectivity index (χ0) is 16.6. The molecule has 3 rings (SSSR count). The molecule has 3 aromatic rings. The van der Waals surface area contributed by atoms with Crippen LogP contribution in [0.25, 0.3) is 11.0 Å². The highest BCUT2D eigenvalue weighted by Gasteiger charge is 2.16. The molecule has 5 nitrogen and oxygen atoms in total. The van der Waals surface area contributed by atoms with E-state index in [1.165, 1.54) is 11.3 Å². The summed E-state index contributed by atoms with van der Waals surface area (Å²) < 4.78 is 2.55. The van der Waals surface area contributed by atoms with Crippen molar-refractivity contribution in [2.75, 3.05) is 0 Å². The summed E-state index contributed by atoms with van der Waals surface area (Å²) in [6.45, 7) is 6.41. The van der Waals surface area contributed by atoms with Gasteiger partial charge in [-0.2, -0.15) is 5.10 Å². The number of nitrogens with zero attached hydrogens (tertiary/aromatic N) is 3. The van der Waals surface area contributed by atoms with Crippen molar-refractivity contribution in [3.8, 4) is 0 Å². The van der Waals surface area contributed by atoms with Crippen molar-refractivity contribution >= 4 is 39.9 Å². The number of thiophene rings is 1. The smallest absolute Gasteiger partial charge is 0.252 e. The van der Waals surface area contributed by atoms with E-state index in [2.05, 4.69) is 15.4 Å². The van der Waals surface area contributed by atoms with E-state index < -0.39 is 0 Å². The minimum absolute atomic E-state index is 0.131. The van der Waals surface area contributed by atoms with Gasteiger partial charge in [-0.15, -0.1) is 11.3 Å². The molecule has 120 valence electrons. The van der Waals surface area contributed by atoms with Crippen LogP contribution >= 0.6 is 22.9 Å². The van der Waals surface area contributed by atoms with Gasteiger partial charge in [-0.3, -0.25) is 4.79 Å². The zero-order valence-corrected chi connectivity index (χ0v) is 14.7. The lowest BCUT2D eigenvalue weighted by atomic mass is 10.1. The van der Waals surface area contributed by atoms with Crippen molar-refractivity contribution in [1.82, 2.24) is 20.1 Å². The van der Waals surface area contributed by atoms with E-state index >= 15 is 0 Å². The van der Waals surface area contributed by atoms with Crippen LogP contribution in [0.1, 0.15) is 40.8 Å². The van der Waals surface area contributed by atoms with Crippen LogP contribution in [-0.2, 0) is 6.54 Å². The molecule has 0 aromatic carbocycles. The van der Waals surface area contributed by atoms with Gasteiger partial charge in [-0.25, -0.2) is 9.67 Å². The van der Waals surface area contributed by atoms with Crippen LogP contribution in [0.15, 0.2) is 24.4 Å². The van der Waals surface area contributed by atoms with Gasteiger partial charge in [0.1, 0.15) is 0 Å². The van der Waals surface area contributed by atoms with Crippen molar-refractivity contribution < 1.29 is 4.79 Å². The molecule has 1 N–H and O–H groups in total. The van der Waals surface area contributed by atoms with Crippen LogP contribution < -0.4 is 5.32 Å². The van der Waals surface area contributed by atoms with Gasteiger partial charge in [0.05, 0.1) is 28.0 Å². The van der Waals surface area contributed by atoms with E-state index in [0.717, 1.165) is 25.9 Å². The first-order chi connectivity index (χ1) is 11.0. The number of hydrogen-bond acceptors (Lipinski definition) is 4. The largest absolute Gasteiger partial charge is 0.347 e. The molecule has 0 aliphatic rings. The molecule has 0 aliphatic carbocycles. The van der Waals surface area contributed by atoms with Gasteiger partial charge in [0.2, 0.25) is 0 Å². The van der Waals surface area contributed by atoms with Gasteiger partial charge in [0.15, 0.2) is 5.65 Å². The second kappa shape index (κ2) is 6.29. The topological polar surface area (TPSA) is 59.8 Å². The molecule has 0 radical (unpaired) electrons. The number of amides is 1. The van der Waals surface area contributed by atoms with Gasteiger partial charge in [0.25, 0.3) is 5.91 Å². The molecule has 3 aromatic heterocycles. The molecule has 0 spiro atoms.